The van der Waals surface area contributed by atoms with Gasteiger partial charge >= 0.3 is 0 Å². The first-order valence-electron chi connectivity index (χ1n) is 17.3. The molecule has 0 spiro atoms. The number of amides is 3. The number of phenolic OH excluding ortho intramolecular Hbond substituents is 1. The van der Waals surface area contributed by atoms with Gasteiger partial charge in [-0.1, -0.05) is 51.0 Å². The van der Waals surface area contributed by atoms with Crippen molar-refractivity contribution in [3.05, 3.63) is 107 Å². The van der Waals surface area contributed by atoms with E-state index in [-0.39, 0.29) is 35.4 Å². The van der Waals surface area contributed by atoms with E-state index in [1.165, 1.54) is 0 Å². The van der Waals surface area contributed by atoms with Gasteiger partial charge in [-0.05, 0) is 85.8 Å². The Labute approximate surface area is 291 Å². The van der Waals surface area contributed by atoms with Gasteiger partial charge in [-0.25, -0.2) is 4.68 Å². The molecule has 1 aliphatic rings. The average molecular weight is 677 g/mol. The van der Waals surface area contributed by atoms with E-state index in [4.69, 9.17) is 5.10 Å². The van der Waals surface area contributed by atoms with E-state index >= 15 is 0 Å². The zero-order valence-electron chi connectivity index (χ0n) is 28.8. The lowest BCUT2D eigenvalue weighted by Crippen LogP contribution is -2.46. The maximum absolute atomic E-state index is 14.6. The fourth-order valence-electron chi connectivity index (χ4n) is 6.55. The predicted octanol–water partition coefficient (Wildman–Crippen LogP) is 6.22. The summed E-state index contributed by atoms with van der Waals surface area (Å²) < 4.78 is 1.61. The number of carbonyl (C=O) groups excluding carboxylic acids is 3. The van der Waals surface area contributed by atoms with E-state index in [0.29, 0.717) is 59.7 Å². The number of nitrogens with zero attached hydrogens (tertiary/aromatic N) is 4. The third kappa shape index (κ3) is 7.13. The van der Waals surface area contributed by atoms with E-state index in [0.717, 1.165) is 36.8 Å². The van der Waals surface area contributed by atoms with Crippen molar-refractivity contribution < 1.29 is 24.6 Å². The van der Waals surface area contributed by atoms with Gasteiger partial charge in [0.25, 0.3) is 17.7 Å². The summed E-state index contributed by atoms with van der Waals surface area (Å²) in [4.78, 5) is 48.3. The number of hydrogen-bond acceptors (Lipinski definition) is 6. The van der Waals surface area contributed by atoms with Crippen LogP contribution >= 0.6 is 0 Å². The number of aromatic hydroxyl groups is 1. The van der Waals surface area contributed by atoms with Gasteiger partial charge in [0.15, 0.2) is 5.69 Å². The van der Waals surface area contributed by atoms with Gasteiger partial charge in [-0.15, -0.1) is 0 Å². The minimum absolute atomic E-state index is 0.0946. The molecule has 0 aliphatic carbocycles. The van der Waals surface area contributed by atoms with E-state index < -0.39 is 11.9 Å². The highest BCUT2D eigenvalue weighted by Crippen LogP contribution is 2.29. The zero-order chi connectivity index (χ0) is 35.4. The smallest absolute Gasteiger partial charge is 0.274 e. The van der Waals surface area contributed by atoms with Crippen LogP contribution in [0.1, 0.15) is 87.7 Å². The van der Waals surface area contributed by atoms with E-state index in [9.17, 15) is 24.6 Å². The Morgan fingerprint density at radius 2 is 1.70 bits per heavy atom. The molecule has 4 N–H and O–H groups in total. The number of aromatic nitrogens is 3. The summed E-state index contributed by atoms with van der Waals surface area (Å²) in [6, 6.07) is 20.7. The normalized spacial score (nSPS) is 14.1. The monoisotopic (exact) mass is 676 g/mol. The highest BCUT2D eigenvalue weighted by Gasteiger charge is 2.32. The van der Waals surface area contributed by atoms with E-state index in [1.807, 2.05) is 36.1 Å². The third-order valence-corrected chi connectivity index (χ3v) is 9.35. The maximum atomic E-state index is 14.6. The first-order chi connectivity index (χ1) is 24.2. The molecule has 11 nitrogen and oxygen atoms in total. The van der Waals surface area contributed by atoms with Crippen molar-refractivity contribution in [1.82, 2.24) is 24.6 Å². The van der Waals surface area contributed by atoms with Crippen LogP contribution in [0.5, 0.6) is 5.75 Å². The topological polar surface area (TPSA) is 144 Å². The van der Waals surface area contributed by atoms with Gasteiger partial charge in [-0.3, -0.25) is 14.4 Å². The standard InChI is InChI=1S/C39H44N6O5/c1-4-6-16-43(17-7-5-2)39(50)35-18-25(3)45(42-35)36-15-12-29(40-37(48)34-21-28-20-31(47)13-14-33(28)41-34)22-32(36)38(49)44-23-27-11-9-8-10-26(27)19-30(44)24-46/h8-15,18,20-22,30,41,46-47H,4-7,16-17,19,23-24H2,1-3H3,(H,40,48)/t30-/m0/s1. The molecule has 6 rings (SSSR count). The summed E-state index contributed by atoms with van der Waals surface area (Å²) in [6.07, 6.45) is 4.24. The molecule has 1 aliphatic heterocycles. The van der Waals surface area contributed by atoms with Gasteiger partial charge < -0.3 is 30.3 Å². The predicted molar refractivity (Wildman–Crippen MR) is 193 cm³/mol. The van der Waals surface area contributed by atoms with Crippen LogP contribution in [0.25, 0.3) is 16.6 Å². The van der Waals surface area contributed by atoms with Crippen LogP contribution in [-0.2, 0) is 13.0 Å². The third-order valence-electron chi connectivity index (χ3n) is 9.35. The molecule has 2 aromatic heterocycles. The number of benzene rings is 3. The maximum Gasteiger partial charge on any atom is 0.274 e. The van der Waals surface area contributed by atoms with Crippen molar-refractivity contribution in [3.8, 4) is 11.4 Å². The average Bonchev–Trinajstić information content (AvgIpc) is 3.73. The van der Waals surface area contributed by atoms with E-state index in [2.05, 4.69) is 24.1 Å². The number of H-pyrrole nitrogens is 1. The Kier molecular flexibility index (Phi) is 10.3. The highest BCUT2D eigenvalue weighted by atomic mass is 16.3. The Bertz CT molecular complexity index is 2020. The van der Waals surface area contributed by atoms with Crippen LogP contribution in [0, 0.1) is 6.92 Å². The number of rotatable bonds is 12. The Morgan fingerprint density at radius 1 is 0.960 bits per heavy atom. The number of hydrogen-bond donors (Lipinski definition) is 4. The molecule has 0 saturated carbocycles. The van der Waals surface area contributed by atoms with Gasteiger partial charge in [0, 0.05) is 41.9 Å². The number of aryl methyl sites for hydroxylation is 1. The highest BCUT2D eigenvalue weighted by molar-refractivity contribution is 6.07. The number of anilines is 1. The minimum Gasteiger partial charge on any atom is -0.508 e. The second-order valence-corrected chi connectivity index (χ2v) is 13.0. The molecule has 11 heteroatoms. The number of unbranched alkanes of at least 4 members (excludes halogenated alkanes) is 2. The van der Waals surface area contributed by atoms with Crippen LogP contribution in [0.15, 0.2) is 72.8 Å². The van der Waals surface area contributed by atoms with Crippen molar-refractivity contribution in [2.45, 2.75) is 65.5 Å². The molecule has 3 aromatic carbocycles. The number of carbonyl (C=O) groups is 3. The van der Waals surface area contributed by atoms with Crippen molar-refractivity contribution in [1.29, 1.82) is 0 Å². The lowest BCUT2D eigenvalue weighted by Gasteiger charge is -2.36. The first kappa shape index (κ1) is 34.4. The van der Waals surface area contributed by atoms with Crippen LogP contribution in [0.4, 0.5) is 5.69 Å². The lowest BCUT2D eigenvalue weighted by molar-refractivity contribution is 0.0544. The molecular weight excluding hydrogens is 632 g/mol. The molecule has 3 amide bonds. The van der Waals surface area contributed by atoms with Crippen molar-refractivity contribution in [2.24, 2.45) is 0 Å². The molecular formula is C39H44N6O5. The number of fused-ring (bicyclic) bond motifs is 2. The first-order valence-corrected chi connectivity index (χ1v) is 17.3. The van der Waals surface area contributed by atoms with Crippen LogP contribution in [0.3, 0.4) is 0 Å². The molecule has 1 atom stereocenters. The Morgan fingerprint density at radius 3 is 2.42 bits per heavy atom. The Balaban J connectivity index is 1.38. The van der Waals surface area contributed by atoms with Gasteiger partial charge in [-0.2, -0.15) is 5.10 Å². The number of aliphatic hydroxyl groups is 1. The number of nitrogens with one attached hydrogen (secondary N) is 2. The zero-order valence-corrected chi connectivity index (χ0v) is 28.8. The fourth-order valence-corrected chi connectivity index (χ4v) is 6.55. The SMILES string of the molecule is CCCCN(CCCC)C(=O)c1cc(C)n(-c2ccc(NC(=O)c3cc4cc(O)ccc4[nH]3)cc2C(=O)N2Cc3ccccc3C[C@H]2CO)n1. The molecule has 260 valence electrons. The summed E-state index contributed by atoms with van der Waals surface area (Å²) in [5, 5.41) is 28.6. The fraction of sp³-hybridized carbons (Fsp3) is 0.333. The van der Waals surface area contributed by atoms with Crippen molar-refractivity contribution in [2.75, 3.05) is 25.0 Å². The number of aliphatic hydroxyl groups excluding tert-OH is 1. The number of phenols is 1. The summed E-state index contributed by atoms with van der Waals surface area (Å²) in [5.74, 6) is -0.808. The quantitative estimate of drug-likeness (QED) is 0.124. The largest absolute Gasteiger partial charge is 0.508 e. The van der Waals surface area contributed by atoms with Gasteiger partial charge in [0.05, 0.1) is 23.9 Å². The summed E-state index contributed by atoms with van der Waals surface area (Å²) >= 11 is 0. The molecule has 5 aromatic rings. The van der Waals surface area contributed by atoms with Gasteiger partial charge in [0.2, 0.25) is 0 Å². The van der Waals surface area contributed by atoms with Crippen LogP contribution in [0.2, 0.25) is 0 Å². The van der Waals surface area contributed by atoms with Crippen molar-refractivity contribution in [3.63, 3.8) is 0 Å². The number of aromatic amines is 1. The molecule has 50 heavy (non-hydrogen) atoms. The summed E-state index contributed by atoms with van der Waals surface area (Å²) in [6.45, 7) is 7.43. The van der Waals surface area contributed by atoms with Crippen LogP contribution < -0.4 is 5.32 Å². The van der Waals surface area contributed by atoms with Crippen LogP contribution in [-0.4, -0.2) is 78.2 Å². The van der Waals surface area contributed by atoms with Gasteiger partial charge in [0.1, 0.15) is 11.4 Å². The molecule has 0 unspecified atom stereocenters. The molecule has 0 radical (unpaired) electrons. The summed E-state index contributed by atoms with van der Waals surface area (Å²) in [5.41, 5.74) is 5.15. The van der Waals surface area contributed by atoms with E-state index in [1.54, 1.807) is 58.1 Å². The summed E-state index contributed by atoms with van der Waals surface area (Å²) in [7, 11) is 0. The Hall–Kier alpha value is -5.42. The molecule has 0 saturated heterocycles. The molecule has 0 bridgehead atoms. The minimum atomic E-state index is -0.451. The van der Waals surface area contributed by atoms with Crippen molar-refractivity contribution >= 4 is 34.3 Å². The molecule has 3 heterocycles. The lowest BCUT2D eigenvalue weighted by atomic mass is 9.93. The second-order valence-electron chi connectivity index (χ2n) is 13.0. The molecule has 0 fully saturated rings. The second kappa shape index (κ2) is 15.0.